The average Bonchev–Trinajstić information content (AvgIpc) is 2.22. The predicted octanol–water partition coefficient (Wildman–Crippen LogP) is 4.29. The lowest BCUT2D eigenvalue weighted by Gasteiger charge is -2.14. The van der Waals surface area contributed by atoms with Gasteiger partial charge in [-0.1, -0.05) is 13.8 Å². The van der Waals surface area contributed by atoms with Crippen LogP contribution in [-0.2, 0) is 0 Å². The molecule has 1 atom stereocenters. The van der Waals surface area contributed by atoms with Gasteiger partial charge in [0.1, 0.15) is 5.82 Å². The van der Waals surface area contributed by atoms with Gasteiger partial charge in [0.2, 0.25) is 0 Å². The summed E-state index contributed by atoms with van der Waals surface area (Å²) in [5, 5.41) is 0. The van der Waals surface area contributed by atoms with E-state index in [0.717, 1.165) is 16.2 Å². The van der Waals surface area contributed by atoms with Gasteiger partial charge in [-0.25, -0.2) is 4.39 Å². The lowest BCUT2D eigenvalue weighted by atomic mass is 10.1. The predicted molar refractivity (Wildman–Crippen MR) is 73.9 cm³/mol. The van der Waals surface area contributed by atoms with Crippen molar-refractivity contribution in [2.45, 2.75) is 45.1 Å². The number of hydrogen-bond donors (Lipinski definition) is 1. The largest absolute Gasteiger partial charge is 0.324 e. The first-order chi connectivity index (χ1) is 7.91. The summed E-state index contributed by atoms with van der Waals surface area (Å²) in [7, 11) is 0. The van der Waals surface area contributed by atoms with Crippen LogP contribution in [0.3, 0.4) is 0 Å². The molecule has 0 bridgehead atoms. The Morgan fingerprint density at radius 3 is 2.47 bits per heavy atom. The quantitative estimate of drug-likeness (QED) is 0.794. The molecule has 96 valence electrons. The fraction of sp³-hybridized carbons (Fsp3) is 0.571. The average molecular weight is 255 g/mol. The van der Waals surface area contributed by atoms with Crippen LogP contribution in [-0.4, -0.2) is 5.75 Å². The highest BCUT2D eigenvalue weighted by Crippen LogP contribution is 2.30. The first-order valence-corrected chi connectivity index (χ1v) is 7.08. The molecule has 0 heterocycles. The van der Waals surface area contributed by atoms with Crippen LogP contribution in [0.25, 0.3) is 0 Å². The zero-order valence-electron chi connectivity index (χ0n) is 11.1. The summed E-state index contributed by atoms with van der Waals surface area (Å²) in [5.41, 5.74) is 7.50. The van der Waals surface area contributed by atoms with Crippen LogP contribution in [0.15, 0.2) is 17.0 Å². The van der Waals surface area contributed by atoms with Gasteiger partial charge >= 0.3 is 0 Å². The smallest absolute Gasteiger partial charge is 0.126 e. The fourth-order valence-corrected chi connectivity index (χ4v) is 3.04. The van der Waals surface area contributed by atoms with Gasteiger partial charge in [-0.15, -0.1) is 11.8 Å². The van der Waals surface area contributed by atoms with Crippen molar-refractivity contribution in [3.05, 3.63) is 29.1 Å². The molecule has 1 unspecified atom stereocenters. The first-order valence-electron chi connectivity index (χ1n) is 6.10. The van der Waals surface area contributed by atoms with E-state index in [1.165, 1.54) is 6.42 Å². The molecule has 0 aliphatic carbocycles. The van der Waals surface area contributed by atoms with Gasteiger partial charge in [0.15, 0.2) is 0 Å². The molecule has 1 aromatic rings. The van der Waals surface area contributed by atoms with Crippen LogP contribution in [0.2, 0.25) is 0 Å². The molecule has 0 spiro atoms. The van der Waals surface area contributed by atoms with Crippen molar-refractivity contribution >= 4 is 11.8 Å². The molecule has 0 aliphatic heterocycles. The normalized spacial score (nSPS) is 13.1. The highest BCUT2D eigenvalue weighted by molar-refractivity contribution is 7.99. The lowest BCUT2D eigenvalue weighted by Crippen LogP contribution is -2.08. The topological polar surface area (TPSA) is 26.0 Å². The molecule has 1 aromatic carbocycles. The molecule has 0 amide bonds. The molecule has 0 saturated carbocycles. The Morgan fingerprint density at radius 1 is 1.29 bits per heavy atom. The van der Waals surface area contributed by atoms with Crippen LogP contribution in [0, 0.1) is 18.7 Å². The lowest BCUT2D eigenvalue weighted by molar-refractivity contribution is 0.609. The molecule has 0 aliphatic rings. The Morgan fingerprint density at radius 2 is 1.94 bits per heavy atom. The van der Waals surface area contributed by atoms with Crippen molar-refractivity contribution in [2.24, 2.45) is 11.7 Å². The molecule has 1 rings (SSSR count). The highest BCUT2D eigenvalue weighted by atomic mass is 32.2. The minimum Gasteiger partial charge on any atom is -0.324 e. The SMILES string of the molecule is Cc1cc(SCCC(C)C)c(C(C)N)cc1F. The van der Waals surface area contributed by atoms with Crippen molar-refractivity contribution in [3.8, 4) is 0 Å². The van der Waals surface area contributed by atoms with Crippen molar-refractivity contribution in [1.82, 2.24) is 0 Å². The first kappa shape index (κ1) is 14.5. The summed E-state index contributed by atoms with van der Waals surface area (Å²) in [4.78, 5) is 1.12. The fourth-order valence-electron chi connectivity index (χ4n) is 1.56. The number of halogens is 1. The third-order valence-corrected chi connectivity index (χ3v) is 3.84. The number of nitrogens with two attached hydrogens (primary N) is 1. The molecular formula is C14H22FNS. The molecule has 1 nitrogen and oxygen atoms in total. The number of aryl methyl sites for hydroxylation is 1. The Balaban J connectivity index is 2.85. The molecule has 3 heteroatoms. The van der Waals surface area contributed by atoms with E-state index in [-0.39, 0.29) is 11.9 Å². The Hall–Kier alpha value is -0.540. The maximum Gasteiger partial charge on any atom is 0.126 e. The molecule has 0 saturated heterocycles. The third-order valence-electron chi connectivity index (χ3n) is 2.73. The summed E-state index contributed by atoms with van der Waals surface area (Å²) < 4.78 is 13.5. The third kappa shape index (κ3) is 4.32. The second-order valence-electron chi connectivity index (χ2n) is 4.96. The minimum atomic E-state index is -0.162. The number of hydrogen-bond acceptors (Lipinski definition) is 2. The Kier molecular flexibility index (Phi) is 5.47. The van der Waals surface area contributed by atoms with Gasteiger partial charge in [0, 0.05) is 10.9 Å². The van der Waals surface area contributed by atoms with Gasteiger partial charge in [0.05, 0.1) is 0 Å². The van der Waals surface area contributed by atoms with Crippen LogP contribution < -0.4 is 5.73 Å². The summed E-state index contributed by atoms with van der Waals surface area (Å²) in [6.07, 6.45) is 1.17. The molecule has 0 fully saturated rings. The zero-order chi connectivity index (χ0) is 13.0. The van der Waals surface area contributed by atoms with Gasteiger partial charge in [-0.3, -0.25) is 0 Å². The van der Waals surface area contributed by atoms with Crippen molar-refractivity contribution in [2.75, 3.05) is 5.75 Å². The standard InChI is InChI=1S/C14H22FNS/c1-9(2)5-6-17-14-7-10(3)13(15)8-12(14)11(4)16/h7-9,11H,5-6,16H2,1-4H3. The van der Waals surface area contributed by atoms with E-state index in [1.54, 1.807) is 24.8 Å². The van der Waals surface area contributed by atoms with Gasteiger partial charge in [-0.05, 0) is 55.2 Å². The van der Waals surface area contributed by atoms with Gasteiger partial charge < -0.3 is 5.73 Å². The van der Waals surface area contributed by atoms with Gasteiger partial charge in [-0.2, -0.15) is 0 Å². The van der Waals surface area contributed by atoms with Crippen LogP contribution in [0.4, 0.5) is 4.39 Å². The van der Waals surface area contributed by atoms with E-state index in [9.17, 15) is 4.39 Å². The highest BCUT2D eigenvalue weighted by Gasteiger charge is 2.11. The second kappa shape index (κ2) is 6.41. The number of benzene rings is 1. The van der Waals surface area contributed by atoms with E-state index in [4.69, 9.17) is 5.73 Å². The molecule has 0 aromatic heterocycles. The molecule has 0 radical (unpaired) electrons. The van der Waals surface area contributed by atoms with E-state index in [0.29, 0.717) is 11.5 Å². The number of rotatable bonds is 5. The van der Waals surface area contributed by atoms with Gasteiger partial charge in [0.25, 0.3) is 0 Å². The minimum absolute atomic E-state index is 0.119. The second-order valence-corrected chi connectivity index (χ2v) is 6.10. The maximum atomic E-state index is 13.5. The van der Waals surface area contributed by atoms with Crippen LogP contribution in [0.1, 0.15) is 44.4 Å². The van der Waals surface area contributed by atoms with Crippen LogP contribution in [0.5, 0.6) is 0 Å². The van der Waals surface area contributed by atoms with E-state index >= 15 is 0 Å². The maximum absolute atomic E-state index is 13.5. The number of thioether (sulfide) groups is 1. The monoisotopic (exact) mass is 255 g/mol. The van der Waals surface area contributed by atoms with Crippen LogP contribution >= 0.6 is 11.8 Å². The Labute approximate surface area is 108 Å². The van der Waals surface area contributed by atoms with Crippen molar-refractivity contribution in [1.29, 1.82) is 0 Å². The molecule has 17 heavy (non-hydrogen) atoms. The molecule has 2 N–H and O–H groups in total. The van der Waals surface area contributed by atoms with Crippen molar-refractivity contribution < 1.29 is 4.39 Å². The summed E-state index contributed by atoms with van der Waals surface area (Å²) >= 11 is 1.78. The molecular weight excluding hydrogens is 233 g/mol. The van der Waals surface area contributed by atoms with E-state index in [2.05, 4.69) is 13.8 Å². The summed E-state index contributed by atoms with van der Waals surface area (Å²) in [6, 6.07) is 3.38. The van der Waals surface area contributed by atoms with E-state index < -0.39 is 0 Å². The summed E-state index contributed by atoms with van der Waals surface area (Å²) in [5.74, 6) is 1.59. The zero-order valence-corrected chi connectivity index (χ0v) is 11.9. The Bertz CT molecular complexity index is 375. The van der Waals surface area contributed by atoms with E-state index in [1.807, 2.05) is 13.0 Å². The van der Waals surface area contributed by atoms with Crippen molar-refractivity contribution in [3.63, 3.8) is 0 Å². The summed E-state index contributed by atoms with van der Waals surface area (Å²) in [6.45, 7) is 8.12.